The average molecular weight is 508 g/mol. The Morgan fingerprint density at radius 3 is 2.32 bits per heavy atom. The largest absolute Gasteiger partial charge is 0.494 e. The number of hydrogen-bond acceptors (Lipinski definition) is 5. The molecule has 2 N–H and O–H groups in total. The second kappa shape index (κ2) is 11.5. The minimum atomic E-state index is -0.782. The number of nitrogens with one attached hydrogen (secondary N) is 2. The van der Waals surface area contributed by atoms with Gasteiger partial charge in [-0.2, -0.15) is 0 Å². The molecule has 4 rings (SSSR count). The third-order valence-corrected chi connectivity index (χ3v) is 6.92. The first kappa shape index (κ1) is 26.3. The zero-order valence-corrected chi connectivity index (χ0v) is 21.9. The molecule has 1 spiro atoms. The first-order valence-electron chi connectivity index (χ1n) is 13.0. The second-order valence-electron chi connectivity index (χ2n) is 10.0. The van der Waals surface area contributed by atoms with Crippen molar-refractivity contribution in [1.29, 1.82) is 0 Å². The first-order valence-corrected chi connectivity index (χ1v) is 13.0. The highest BCUT2D eigenvalue weighted by Crippen LogP contribution is 2.39. The summed E-state index contributed by atoms with van der Waals surface area (Å²) in [4.78, 5) is 44.8. The maximum absolute atomic E-state index is 13.8. The van der Waals surface area contributed by atoms with Crippen molar-refractivity contribution in [3.63, 3.8) is 0 Å². The predicted molar refractivity (Wildman–Crippen MR) is 144 cm³/mol. The molecule has 0 bridgehead atoms. The van der Waals surface area contributed by atoms with Gasteiger partial charge in [-0.05, 0) is 62.1 Å². The van der Waals surface area contributed by atoms with E-state index in [1.54, 1.807) is 9.80 Å². The minimum Gasteiger partial charge on any atom is -0.494 e. The van der Waals surface area contributed by atoms with Gasteiger partial charge < -0.3 is 30.1 Å². The summed E-state index contributed by atoms with van der Waals surface area (Å²) in [5.74, 6) is 0.883. The Balaban J connectivity index is 1.44. The zero-order chi connectivity index (χ0) is 26.4. The lowest BCUT2D eigenvalue weighted by Crippen LogP contribution is -2.58. The normalized spacial score (nSPS) is 16.9. The maximum Gasteiger partial charge on any atom is 0.321 e. The maximum atomic E-state index is 13.8. The smallest absolute Gasteiger partial charge is 0.321 e. The van der Waals surface area contributed by atoms with Gasteiger partial charge in [-0.1, -0.05) is 32.0 Å². The molecular formula is C28H37N5O4. The van der Waals surface area contributed by atoms with Crippen molar-refractivity contribution in [2.24, 2.45) is 5.92 Å². The molecule has 0 radical (unpaired) electrons. The van der Waals surface area contributed by atoms with E-state index in [1.165, 1.54) is 0 Å². The van der Waals surface area contributed by atoms with Crippen molar-refractivity contribution in [2.75, 3.05) is 49.7 Å². The summed E-state index contributed by atoms with van der Waals surface area (Å²) in [7, 11) is 0. The third-order valence-electron chi connectivity index (χ3n) is 6.92. The molecular weight excluding hydrogens is 470 g/mol. The van der Waals surface area contributed by atoms with Gasteiger partial charge in [0.25, 0.3) is 5.91 Å². The van der Waals surface area contributed by atoms with Crippen molar-refractivity contribution in [2.45, 2.75) is 39.2 Å². The number of hydrogen-bond donors (Lipinski definition) is 2. The van der Waals surface area contributed by atoms with E-state index in [0.29, 0.717) is 57.4 Å². The van der Waals surface area contributed by atoms with E-state index < -0.39 is 5.54 Å². The molecule has 0 aromatic heterocycles. The van der Waals surface area contributed by atoms with Crippen molar-refractivity contribution in [1.82, 2.24) is 15.1 Å². The number of rotatable bonds is 8. The fourth-order valence-electron chi connectivity index (χ4n) is 4.95. The molecule has 0 saturated carbocycles. The lowest BCUT2D eigenvalue weighted by atomic mass is 9.85. The van der Waals surface area contributed by atoms with E-state index in [1.807, 2.05) is 75.4 Å². The topological polar surface area (TPSA) is 94.2 Å². The minimum absolute atomic E-state index is 0.0264. The number of carbonyl (C=O) groups excluding carboxylic acids is 3. The van der Waals surface area contributed by atoms with Crippen LogP contribution in [0.5, 0.6) is 5.75 Å². The molecule has 2 aliphatic heterocycles. The monoisotopic (exact) mass is 507 g/mol. The Bertz CT molecular complexity index is 1080. The summed E-state index contributed by atoms with van der Waals surface area (Å²) >= 11 is 0. The van der Waals surface area contributed by atoms with Gasteiger partial charge in [0.15, 0.2) is 0 Å². The summed E-state index contributed by atoms with van der Waals surface area (Å²) in [5.41, 5.74) is 0.846. The number of ether oxygens (including phenoxy) is 1. The van der Waals surface area contributed by atoms with Gasteiger partial charge in [0.1, 0.15) is 17.8 Å². The quantitative estimate of drug-likeness (QED) is 0.570. The standard InChI is InChI=1S/C28H37N5O4/c1-4-37-24-12-10-22(11-13-24)30-27(36)31-16-14-28(15-17-31)26(35)32(19-25(34)29-18-21(2)3)20-33(28)23-8-6-5-7-9-23/h5-13,21H,4,14-20H2,1-3H3,(H,29,34)(H,30,36). The summed E-state index contributed by atoms with van der Waals surface area (Å²) in [5, 5.41) is 5.85. The number of carbonyl (C=O) groups is 3. The lowest BCUT2D eigenvalue weighted by molar-refractivity contribution is -0.137. The lowest BCUT2D eigenvalue weighted by Gasteiger charge is -2.43. The van der Waals surface area contributed by atoms with Crippen molar-refractivity contribution in [3.05, 3.63) is 54.6 Å². The van der Waals surface area contributed by atoms with Gasteiger partial charge in [-0.25, -0.2) is 4.79 Å². The summed E-state index contributed by atoms with van der Waals surface area (Å²) < 4.78 is 5.46. The number of piperidine rings is 1. The molecule has 2 aromatic carbocycles. The van der Waals surface area contributed by atoms with Crippen LogP contribution in [0.25, 0.3) is 0 Å². The molecule has 2 saturated heterocycles. The summed E-state index contributed by atoms with van der Waals surface area (Å²) in [6.07, 6.45) is 0.975. The molecule has 2 fully saturated rings. The van der Waals surface area contributed by atoms with Crippen LogP contribution in [0.4, 0.5) is 16.2 Å². The van der Waals surface area contributed by atoms with Crippen molar-refractivity contribution in [3.8, 4) is 5.75 Å². The van der Waals surface area contributed by atoms with E-state index in [0.717, 1.165) is 11.4 Å². The van der Waals surface area contributed by atoms with Crippen LogP contribution in [-0.4, -0.2) is 72.6 Å². The van der Waals surface area contributed by atoms with Gasteiger partial charge >= 0.3 is 6.03 Å². The molecule has 198 valence electrons. The van der Waals surface area contributed by atoms with Crippen molar-refractivity contribution < 1.29 is 19.1 Å². The molecule has 0 atom stereocenters. The Kier molecular flexibility index (Phi) is 8.21. The van der Waals surface area contributed by atoms with Gasteiger partial charge in [0.2, 0.25) is 5.91 Å². The van der Waals surface area contributed by atoms with Gasteiger partial charge in [-0.3, -0.25) is 9.59 Å². The highest BCUT2D eigenvalue weighted by Gasteiger charge is 2.54. The Morgan fingerprint density at radius 2 is 1.70 bits per heavy atom. The highest BCUT2D eigenvalue weighted by molar-refractivity contribution is 5.97. The van der Waals surface area contributed by atoms with Crippen LogP contribution in [0.15, 0.2) is 54.6 Å². The number of benzene rings is 2. The van der Waals surface area contributed by atoms with E-state index >= 15 is 0 Å². The summed E-state index contributed by atoms with van der Waals surface area (Å²) in [6.45, 7) is 8.40. The first-order chi connectivity index (χ1) is 17.8. The fraction of sp³-hybridized carbons (Fsp3) is 0.464. The van der Waals surface area contributed by atoms with Crippen LogP contribution in [0.2, 0.25) is 0 Å². The molecule has 2 heterocycles. The van der Waals surface area contributed by atoms with E-state index in [4.69, 9.17) is 4.74 Å². The number of urea groups is 1. The number of anilines is 2. The fourth-order valence-corrected chi connectivity index (χ4v) is 4.95. The van der Waals surface area contributed by atoms with Crippen LogP contribution in [-0.2, 0) is 9.59 Å². The molecule has 0 aliphatic carbocycles. The van der Waals surface area contributed by atoms with Crippen LogP contribution in [0.3, 0.4) is 0 Å². The predicted octanol–water partition coefficient (Wildman–Crippen LogP) is 3.53. The van der Waals surface area contributed by atoms with E-state index in [-0.39, 0.29) is 24.4 Å². The molecule has 9 nitrogen and oxygen atoms in total. The summed E-state index contributed by atoms with van der Waals surface area (Å²) in [6, 6.07) is 16.9. The number of amides is 4. The van der Waals surface area contributed by atoms with Gasteiger partial charge in [-0.15, -0.1) is 0 Å². The van der Waals surface area contributed by atoms with Gasteiger partial charge in [0.05, 0.1) is 13.3 Å². The second-order valence-corrected chi connectivity index (χ2v) is 10.0. The number of para-hydroxylation sites is 1. The average Bonchev–Trinajstić information content (AvgIpc) is 3.15. The molecule has 2 aliphatic rings. The molecule has 9 heteroatoms. The number of likely N-dealkylation sites (tertiary alicyclic amines) is 1. The van der Waals surface area contributed by atoms with E-state index in [2.05, 4.69) is 15.5 Å². The van der Waals surface area contributed by atoms with E-state index in [9.17, 15) is 14.4 Å². The molecule has 37 heavy (non-hydrogen) atoms. The van der Waals surface area contributed by atoms with Gasteiger partial charge in [0, 0.05) is 31.0 Å². The number of nitrogens with zero attached hydrogens (tertiary/aromatic N) is 3. The Labute approximate surface area is 218 Å². The molecule has 4 amide bonds. The van der Waals surface area contributed by atoms with Crippen LogP contribution in [0.1, 0.15) is 33.6 Å². The van der Waals surface area contributed by atoms with Crippen LogP contribution < -0.4 is 20.3 Å². The highest BCUT2D eigenvalue weighted by atomic mass is 16.5. The van der Waals surface area contributed by atoms with Crippen LogP contribution in [0, 0.1) is 5.92 Å². The Hall–Kier alpha value is -3.75. The molecule has 2 aromatic rings. The van der Waals surface area contributed by atoms with Crippen LogP contribution >= 0.6 is 0 Å². The van der Waals surface area contributed by atoms with Crippen molar-refractivity contribution >= 4 is 29.2 Å². The zero-order valence-electron chi connectivity index (χ0n) is 21.9. The molecule has 0 unspecified atom stereocenters. The third kappa shape index (κ3) is 5.98. The SMILES string of the molecule is CCOc1ccc(NC(=O)N2CCC3(CC2)C(=O)N(CC(=O)NCC(C)C)CN3c2ccccc2)cc1. The Morgan fingerprint density at radius 1 is 1.03 bits per heavy atom.